The topological polar surface area (TPSA) is 139 Å². The number of nitrogens with two attached hydrogens (primary N) is 1. The Morgan fingerprint density at radius 2 is 1.75 bits per heavy atom. The highest BCUT2D eigenvalue weighted by molar-refractivity contribution is 6.10. The molecule has 1 unspecified atom stereocenters. The van der Waals surface area contributed by atoms with Crippen LogP contribution in [0.3, 0.4) is 0 Å². The lowest BCUT2D eigenvalue weighted by molar-refractivity contribution is -0.133. The van der Waals surface area contributed by atoms with Crippen molar-refractivity contribution in [2.75, 3.05) is 11.9 Å². The van der Waals surface area contributed by atoms with Gasteiger partial charge in [-0.15, -0.1) is 0 Å². The van der Waals surface area contributed by atoms with Gasteiger partial charge in [0.15, 0.2) is 0 Å². The first kappa shape index (κ1) is 24.6. The van der Waals surface area contributed by atoms with Crippen LogP contribution >= 0.6 is 0 Å². The molecule has 186 valence electrons. The van der Waals surface area contributed by atoms with E-state index >= 15 is 0 Å². The number of hydrogen-bond acceptors (Lipinski definition) is 5. The Morgan fingerprint density at radius 1 is 1.06 bits per heavy atom. The molecule has 2 aromatic carbocycles. The predicted octanol–water partition coefficient (Wildman–Crippen LogP) is 2.67. The first-order chi connectivity index (χ1) is 16.9. The monoisotopic (exact) mass is 488 g/mol. The van der Waals surface area contributed by atoms with Gasteiger partial charge < -0.3 is 16.4 Å². The van der Waals surface area contributed by atoms with Gasteiger partial charge in [0.25, 0.3) is 5.91 Å². The number of nitrogens with zero attached hydrogens (tertiary/aromatic N) is 3. The Bertz CT molecular complexity index is 1360. The highest BCUT2D eigenvalue weighted by atomic mass is 16.2. The number of urea groups is 1. The summed E-state index contributed by atoms with van der Waals surface area (Å²) < 4.78 is 1.61. The van der Waals surface area contributed by atoms with E-state index in [-0.39, 0.29) is 11.0 Å². The lowest BCUT2D eigenvalue weighted by Gasteiger charge is -2.22. The van der Waals surface area contributed by atoms with Gasteiger partial charge in [0.1, 0.15) is 17.9 Å². The van der Waals surface area contributed by atoms with Crippen LogP contribution in [0.25, 0.3) is 5.69 Å². The van der Waals surface area contributed by atoms with Crippen molar-refractivity contribution >= 4 is 29.6 Å². The van der Waals surface area contributed by atoms with Crippen molar-refractivity contribution < 1.29 is 19.2 Å². The standard InChI is InChI=1S/C26H28N6O4/c1-25(2,3)19-14-20(32(30-19)18-11-6-5-7-12-18)28-21(33)15-31-23(35)26(4,29-24(31)36)17-10-8-9-16(13-17)22(27)34/h5-14H,15H2,1-4H3,(H2,27,34)(H,28,33)(H,29,36). The quantitative estimate of drug-likeness (QED) is 0.458. The van der Waals surface area contributed by atoms with Gasteiger partial charge in [0.2, 0.25) is 11.8 Å². The molecule has 4 rings (SSSR count). The molecule has 10 heteroatoms. The third-order valence-corrected chi connectivity index (χ3v) is 6.05. The van der Waals surface area contributed by atoms with E-state index in [0.717, 1.165) is 16.3 Å². The van der Waals surface area contributed by atoms with E-state index in [9.17, 15) is 19.2 Å². The fraction of sp³-hybridized carbons (Fsp3) is 0.269. The van der Waals surface area contributed by atoms with Crippen molar-refractivity contribution in [2.24, 2.45) is 5.73 Å². The fourth-order valence-corrected chi connectivity index (χ4v) is 3.95. The van der Waals surface area contributed by atoms with E-state index in [4.69, 9.17) is 5.73 Å². The van der Waals surface area contributed by atoms with Crippen molar-refractivity contribution in [1.29, 1.82) is 0 Å². The maximum absolute atomic E-state index is 13.3. The number of aromatic nitrogens is 2. The second-order valence-corrected chi connectivity index (χ2v) is 9.85. The minimum absolute atomic E-state index is 0.204. The number of benzene rings is 2. The number of rotatable bonds is 6. The maximum atomic E-state index is 13.3. The SMILES string of the molecule is CC(C)(C)c1cc(NC(=O)CN2C(=O)NC(C)(c3cccc(C(N)=O)c3)C2=O)n(-c2ccccc2)n1. The van der Waals surface area contributed by atoms with Crippen molar-refractivity contribution in [1.82, 2.24) is 20.0 Å². The van der Waals surface area contributed by atoms with Gasteiger partial charge in [0, 0.05) is 17.0 Å². The van der Waals surface area contributed by atoms with Gasteiger partial charge >= 0.3 is 6.03 Å². The predicted molar refractivity (Wildman–Crippen MR) is 133 cm³/mol. The van der Waals surface area contributed by atoms with Crippen LogP contribution in [0.5, 0.6) is 0 Å². The Hall–Kier alpha value is -4.47. The molecule has 2 heterocycles. The molecule has 10 nitrogen and oxygen atoms in total. The van der Waals surface area contributed by atoms with E-state index < -0.39 is 35.8 Å². The van der Waals surface area contributed by atoms with Crippen molar-refractivity contribution in [3.63, 3.8) is 0 Å². The molecule has 1 fully saturated rings. The highest BCUT2D eigenvalue weighted by Gasteiger charge is 2.49. The molecule has 1 atom stereocenters. The number of para-hydroxylation sites is 1. The summed E-state index contributed by atoms with van der Waals surface area (Å²) in [6.45, 7) is 7.05. The second kappa shape index (κ2) is 8.95. The van der Waals surface area contributed by atoms with Gasteiger partial charge in [-0.1, -0.05) is 51.1 Å². The summed E-state index contributed by atoms with van der Waals surface area (Å²) in [6.07, 6.45) is 0. The second-order valence-electron chi connectivity index (χ2n) is 9.85. The molecule has 3 aromatic rings. The number of primary amides is 1. The van der Waals surface area contributed by atoms with Crippen molar-refractivity contribution in [3.8, 4) is 5.69 Å². The number of carbonyl (C=O) groups is 4. The smallest absolute Gasteiger partial charge is 0.325 e. The van der Waals surface area contributed by atoms with Gasteiger partial charge in [0.05, 0.1) is 11.4 Å². The van der Waals surface area contributed by atoms with Crippen LogP contribution in [0.1, 0.15) is 49.3 Å². The lowest BCUT2D eigenvalue weighted by Crippen LogP contribution is -2.42. The molecule has 0 bridgehead atoms. The van der Waals surface area contributed by atoms with Gasteiger partial charge in [-0.05, 0) is 36.8 Å². The van der Waals surface area contributed by atoms with Gasteiger partial charge in [-0.25, -0.2) is 9.48 Å². The third kappa shape index (κ3) is 4.57. The molecular weight excluding hydrogens is 460 g/mol. The average molecular weight is 489 g/mol. The van der Waals surface area contributed by atoms with Gasteiger partial charge in [-0.3, -0.25) is 19.3 Å². The van der Waals surface area contributed by atoms with Crippen LogP contribution in [0.2, 0.25) is 0 Å². The van der Waals surface area contributed by atoms with E-state index in [1.165, 1.54) is 19.1 Å². The first-order valence-corrected chi connectivity index (χ1v) is 11.4. The minimum atomic E-state index is -1.45. The molecule has 36 heavy (non-hydrogen) atoms. The molecule has 5 amide bonds. The van der Waals surface area contributed by atoms with Crippen molar-refractivity contribution in [3.05, 3.63) is 77.5 Å². The summed E-state index contributed by atoms with van der Waals surface area (Å²) in [7, 11) is 0. The molecule has 0 saturated carbocycles. The number of amides is 5. The van der Waals surface area contributed by atoms with Crippen LogP contribution in [0.15, 0.2) is 60.7 Å². The molecule has 1 aliphatic heterocycles. The summed E-state index contributed by atoms with van der Waals surface area (Å²) in [5.74, 6) is -1.42. The summed E-state index contributed by atoms with van der Waals surface area (Å²) in [5, 5.41) is 10.1. The molecule has 0 radical (unpaired) electrons. The lowest BCUT2D eigenvalue weighted by atomic mass is 9.90. The van der Waals surface area contributed by atoms with Crippen molar-refractivity contribution in [2.45, 2.75) is 38.6 Å². The van der Waals surface area contributed by atoms with Crippen LogP contribution in [0.4, 0.5) is 10.6 Å². The maximum Gasteiger partial charge on any atom is 0.325 e. The first-order valence-electron chi connectivity index (χ1n) is 11.4. The number of imide groups is 1. The van der Waals surface area contributed by atoms with Crippen LogP contribution in [-0.2, 0) is 20.5 Å². The molecule has 0 spiro atoms. The number of nitrogens with one attached hydrogen (secondary N) is 2. The number of hydrogen-bond donors (Lipinski definition) is 3. The summed E-state index contributed by atoms with van der Waals surface area (Å²) >= 11 is 0. The Kier molecular flexibility index (Phi) is 6.13. The molecule has 1 aromatic heterocycles. The summed E-state index contributed by atoms with van der Waals surface area (Å²) in [6, 6.07) is 16.5. The third-order valence-electron chi connectivity index (χ3n) is 6.05. The van der Waals surface area contributed by atoms with E-state index in [1.54, 1.807) is 22.9 Å². The Morgan fingerprint density at radius 3 is 2.39 bits per heavy atom. The average Bonchev–Trinajstić information content (AvgIpc) is 3.35. The summed E-state index contributed by atoms with van der Waals surface area (Å²) in [5.41, 5.74) is 5.73. The molecule has 1 saturated heterocycles. The Labute approximate surface area is 208 Å². The largest absolute Gasteiger partial charge is 0.366 e. The van der Waals surface area contributed by atoms with E-state index in [1.807, 2.05) is 51.1 Å². The number of carbonyl (C=O) groups excluding carboxylic acids is 4. The molecular formula is C26H28N6O4. The summed E-state index contributed by atoms with van der Waals surface area (Å²) in [4.78, 5) is 51.4. The number of anilines is 1. The van der Waals surface area contributed by atoms with Crippen LogP contribution in [-0.4, -0.2) is 45.0 Å². The molecule has 4 N–H and O–H groups in total. The molecule has 1 aliphatic rings. The normalized spacial score (nSPS) is 17.7. The minimum Gasteiger partial charge on any atom is -0.366 e. The van der Waals surface area contributed by atoms with Crippen LogP contribution in [0, 0.1) is 0 Å². The van der Waals surface area contributed by atoms with Gasteiger partial charge in [-0.2, -0.15) is 5.10 Å². The van der Waals surface area contributed by atoms with E-state index in [2.05, 4.69) is 15.7 Å². The highest BCUT2D eigenvalue weighted by Crippen LogP contribution is 2.30. The Balaban J connectivity index is 1.57. The molecule has 0 aliphatic carbocycles. The van der Waals surface area contributed by atoms with E-state index in [0.29, 0.717) is 11.4 Å². The fourth-order valence-electron chi connectivity index (χ4n) is 3.95. The zero-order chi connectivity index (χ0) is 26.3. The zero-order valence-electron chi connectivity index (χ0n) is 20.5. The van der Waals surface area contributed by atoms with Crippen LogP contribution < -0.4 is 16.4 Å². The zero-order valence-corrected chi connectivity index (χ0v) is 20.5.